The second kappa shape index (κ2) is 7.60. The standard InChI is InChI=1S/C19H23BrN2O3/c1-11(2)21-18(23)12-4-3-5-15(9-12)22-19(24)17-10-13-8-14(20)6-7-16(13)25-17/h6-8,10-12,15H,3-5,9H2,1-2H3,(H,21,23)(H,22,24). The molecule has 5 nitrogen and oxygen atoms in total. The molecule has 2 N–H and O–H groups in total. The van der Waals surface area contributed by atoms with Gasteiger partial charge in [0.1, 0.15) is 5.58 Å². The van der Waals surface area contributed by atoms with Crippen molar-refractivity contribution in [2.75, 3.05) is 0 Å². The Balaban J connectivity index is 1.64. The molecule has 2 aromatic rings. The normalized spacial score (nSPS) is 20.6. The zero-order chi connectivity index (χ0) is 18.0. The van der Waals surface area contributed by atoms with Gasteiger partial charge in [0.2, 0.25) is 5.91 Å². The zero-order valence-corrected chi connectivity index (χ0v) is 16.1. The summed E-state index contributed by atoms with van der Waals surface area (Å²) < 4.78 is 6.58. The van der Waals surface area contributed by atoms with Crippen LogP contribution in [0.5, 0.6) is 0 Å². The number of furan rings is 1. The number of halogens is 1. The van der Waals surface area contributed by atoms with Crippen molar-refractivity contribution < 1.29 is 14.0 Å². The van der Waals surface area contributed by atoms with Crippen molar-refractivity contribution >= 4 is 38.7 Å². The molecule has 1 saturated carbocycles. The smallest absolute Gasteiger partial charge is 0.287 e. The summed E-state index contributed by atoms with van der Waals surface area (Å²) in [6.07, 6.45) is 3.39. The fraction of sp³-hybridized carbons (Fsp3) is 0.474. The van der Waals surface area contributed by atoms with Gasteiger partial charge in [0, 0.05) is 27.9 Å². The van der Waals surface area contributed by atoms with E-state index in [1.807, 2.05) is 32.0 Å². The Bertz CT molecular complexity index is 784. The number of rotatable bonds is 4. The summed E-state index contributed by atoms with van der Waals surface area (Å²) in [7, 11) is 0. The maximum Gasteiger partial charge on any atom is 0.287 e. The number of hydrogen-bond acceptors (Lipinski definition) is 3. The third-order valence-electron chi connectivity index (χ3n) is 4.51. The molecule has 0 saturated heterocycles. The van der Waals surface area contributed by atoms with Gasteiger partial charge in [-0.3, -0.25) is 9.59 Å². The van der Waals surface area contributed by atoms with E-state index in [1.54, 1.807) is 6.07 Å². The fourth-order valence-corrected chi connectivity index (χ4v) is 3.72. The maximum absolute atomic E-state index is 12.5. The molecule has 134 valence electrons. The van der Waals surface area contributed by atoms with Gasteiger partial charge in [-0.2, -0.15) is 0 Å². The molecular weight excluding hydrogens is 384 g/mol. The molecule has 0 spiro atoms. The van der Waals surface area contributed by atoms with Crippen molar-refractivity contribution in [1.82, 2.24) is 10.6 Å². The van der Waals surface area contributed by atoms with E-state index in [9.17, 15) is 9.59 Å². The fourth-order valence-electron chi connectivity index (χ4n) is 3.34. The highest BCUT2D eigenvalue weighted by Gasteiger charge is 2.29. The van der Waals surface area contributed by atoms with E-state index < -0.39 is 0 Å². The van der Waals surface area contributed by atoms with Crippen LogP contribution in [0.3, 0.4) is 0 Å². The number of nitrogens with one attached hydrogen (secondary N) is 2. The molecule has 1 aliphatic rings. The van der Waals surface area contributed by atoms with Crippen LogP contribution < -0.4 is 10.6 Å². The summed E-state index contributed by atoms with van der Waals surface area (Å²) in [4.78, 5) is 24.7. The molecular formula is C19H23BrN2O3. The molecule has 2 unspecified atom stereocenters. The van der Waals surface area contributed by atoms with E-state index in [0.717, 1.165) is 29.1 Å². The van der Waals surface area contributed by atoms with E-state index in [-0.39, 0.29) is 29.8 Å². The molecule has 2 amide bonds. The first-order valence-electron chi connectivity index (χ1n) is 8.72. The lowest BCUT2D eigenvalue weighted by molar-refractivity contribution is -0.126. The highest BCUT2D eigenvalue weighted by atomic mass is 79.9. The van der Waals surface area contributed by atoms with Crippen molar-refractivity contribution in [2.45, 2.75) is 51.6 Å². The first-order chi connectivity index (χ1) is 11.9. The summed E-state index contributed by atoms with van der Waals surface area (Å²) in [6, 6.07) is 7.53. The van der Waals surface area contributed by atoms with Crippen molar-refractivity contribution in [3.8, 4) is 0 Å². The van der Waals surface area contributed by atoms with Gasteiger partial charge in [-0.05, 0) is 57.4 Å². The largest absolute Gasteiger partial charge is 0.451 e. The van der Waals surface area contributed by atoms with E-state index in [0.29, 0.717) is 17.8 Å². The highest BCUT2D eigenvalue weighted by molar-refractivity contribution is 9.10. The van der Waals surface area contributed by atoms with Crippen LogP contribution in [-0.2, 0) is 4.79 Å². The maximum atomic E-state index is 12.5. The van der Waals surface area contributed by atoms with E-state index in [2.05, 4.69) is 26.6 Å². The zero-order valence-electron chi connectivity index (χ0n) is 14.5. The lowest BCUT2D eigenvalue weighted by Gasteiger charge is -2.29. The predicted octanol–water partition coefficient (Wildman–Crippen LogP) is 4.01. The van der Waals surface area contributed by atoms with E-state index in [1.165, 1.54) is 0 Å². The number of benzene rings is 1. The summed E-state index contributed by atoms with van der Waals surface area (Å²) in [5.41, 5.74) is 0.686. The molecule has 1 aromatic heterocycles. The van der Waals surface area contributed by atoms with Gasteiger partial charge in [0.15, 0.2) is 5.76 Å². The molecule has 1 aliphatic carbocycles. The third kappa shape index (κ3) is 4.42. The Morgan fingerprint density at radius 3 is 2.80 bits per heavy atom. The van der Waals surface area contributed by atoms with Gasteiger partial charge in [0.05, 0.1) is 0 Å². The number of hydrogen-bond donors (Lipinski definition) is 2. The van der Waals surface area contributed by atoms with Crippen LogP contribution in [0.1, 0.15) is 50.1 Å². The predicted molar refractivity (Wildman–Crippen MR) is 100 cm³/mol. The molecule has 6 heteroatoms. The number of carbonyl (C=O) groups excluding carboxylic acids is 2. The third-order valence-corrected chi connectivity index (χ3v) is 5.01. The van der Waals surface area contributed by atoms with Crippen LogP contribution in [-0.4, -0.2) is 23.9 Å². The van der Waals surface area contributed by atoms with Gasteiger partial charge in [-0.15, -0.1) is 0 Å². The Morgan fingerprint density at radius 2 is 2.04 bits per heavy atom. The molecule has 25 heavy (non-hydrogen) atoms. The van der Waals surface area contributed by atoms with Gasteiger partial charge in [-0.1, -0.05) is 22.4 Å². The molecule has 0 aliphatic heterocycles. The Kier molecular flexibility index (Phi) is 5.47. The van der Waals surface area contributed by atoms with Crippen molar-refractivity contribution in [3.63, 3.8) is 0 Å². The SMILES string of the molecule is CC(C)NC(=O)C1CCCC(NC(=O)c2cc3cc(Br)ccc3o2)C1. The van der Waals surface area contributed by atoms with Crippen LogP contribution in [0, 0.1) is 5.92 Å². The average molecular weight is 407 g/mol. The molecule has 3 rings (SSSR count). The Morgan fingerprint density at radius 1 is 1.24 bits per heavy atom. The van der Waals surface area contributed by atoms with Gasteiger partial charge in [0.25, 0.3) is 5.91 Å². The Labute approximate surface area is 155 Å². The summed E-state index contributed by atoms with van der Waals surface area (Å²) in [6.45, 7) is 3.92. The summed E-state index contributed by atoms with van der Waals surface area (Å²) in [5, 5.41) is 6.88. The highest BCUT2D eigenvalue weighted by Crippen LogP contribution is 2.26. The monoisotopic (exact) mass is 406 g/mol. The molecule has 1 heterocycles. The van der Waals surface area contributed by atoms with Crippen molar-refractivity contribution in [3.05, 3.63) is 34.5 Å². The van der Waals surface area contributed by atoms with Crippen LogP contribution in [0.4, 0.5) is 0 Å². The minimum absolute atomic E-state index is 0.00381. The van der Waals surface area contributed by atoms with Gasteiger partial charge >= 0.3 is 0 Å². The second-order valence-electron chi connectivity index (χ2n) is 6.99. The second-order valence-corrected chi connectivity index (χ2v) is 7.91. The topological polar surface area (TPSA) is 71.3 Å². The first kappa shape index (κ1) is 18.0. The van der Waals surface area contributed by atoms with Gasteiger partial charge in [-0.25, -0.2) is 0 Å². The number of carbonyl (C=O) groups is 2. The number of amides is 2. The van der Waals surface area contributed by atoms with E-state index in [4.69, 9.17) is 4.42 Å². The summed E-state index contributed by atoms with van der Waals surface area (Å²) in [5.74, 6) is 0.139. The van der Waals surface area contributed by atoms with E-state index >= 15 is 0 Å². The Hall–Kier alpha value is -1.82. The van der Waals surface area contributed by atoms with Gasteiger partial charge < -0.3 is 15.1 Å². The van der Waals surface area contributed by atoms with Crippen molar-refractivity contribution in [2.24, 2.45) is 5.92 Å². The van der Waals surface area contributed by atoms with Crippen LogP contribution in [0.15, 0.2) is 33.2 Å². The molecule has 2 atom stereocenters. The minimum atomic E-state index is -0.220. The molecule has 1 fully saturated rings. The van der Waals surface area contributed by atoms with Crippen molar-refractivity contribution in [1.29, 1.82) is 0 Å². The molecule has 0 bridgehead atoms. The van der Waals surface area contributed by atoms with Crippen LogP contribution in [0.25, 0.3) is 11.0 Å². The average Bonchev–Trinajstić information content (AvgIpc) is 2.97. The number of fused-ring (bicyclic) bond motifs is 1. The lowest BCUT2D eigenvalue weighted by Crippen LogP contribution is -2.43. The molecule has 0 radical (unpaired) electrons. The van der Waals surface area contributed by atoms with Crippen LogP contribution in [0.2, 0.25) is 0 Å². The van der Waals surface area contributed by atoms with Crippen LogP contribution >= 0.6 is 15.9 Å². The molecule has 1 aromatic carbocycles. The minimum Gasteiger partial charge on any atom is -0.451 e. The quantitative estimate of drug-likeness (QED) is 0.805. The first-order valence-corrected chi connectivity index (χ1v) is 9.52. The lowest BCUT2D eigenvalue weighted by atomic mass is 9.85. The summed E-state index contributed by atoms with van der Waals surface area (Å²) >= 11 is 3.42.